The minimum Gasteiger partial charge on any atom is -0.381 e. The fourth-order valence-corrected chi connectivity index (χ4v) is 4.18. The van der Waals surface area contributed by atoms with Crippen LogP contribution >= 0.6 is 11.6 Å². The molecule has 2 aliphatic heterocycles. The summed E-state index contributed by atoms with van der Waals surface area (Å²) in [6, 6.07) is 7.75. The number of hydrogen-bond acceptors (Lipinski definition) is 4. The topological polar surface area (TPSA) is 64.8 Å². The van der Waals surface area contributed by atoms with E-state index in [9.17, 15) is 4.79 Å². The molecule has 0 unspecified atom stereocenters. The van der Waals surface area contributed by atoms with Crippen LogP contribution in [-0.4, -0.2) is 56.4 Å². The van der Waals surface area contributed by atoms with Gasteiger partial charge < -0.3 is 20.1 Å². The smallest absolute Gasteiger partial charge is 0.233 e. The predicted octanol–water partition coefficient (Wildman–Crippen LogP) is 2.74. The summed E-state index contributed by atoms with van der Waals surface area (Å²) >= 11 is 6.21. The van der Waals surface area contributed by atoms with Crippen LogP contribution in [0.15, 0.2) is 24.3 Å². The SMILES string of the molecule is NCCCOC1CCN(C(=O)C2(c3cccc(Cl)c3)CCOCC2)CC1. The lowest BCUT2D eigenvalue weighted by Gasteiger charge is -2.42. The number of ether oxygens (including phenoxy) is 2. The summed E-state index contributed by atoms with van der Waals surface area (Å²) < 4.78 is 11.4. The number of amides is 1. The second kappa shape index (κ2) is 9.18. The molecule has 2 aliphatic rings. The molecule has 144 valence electrons. The average molecular weight is 381 g/mol. The Labute approximate surface area is 160 Å². The molecule has 1 aromatic rings. The highest BCUT2D eigenvalue weighted by atomic mass is 35.5. The summed E-state index contributed by atoms with van der Waals surface area (Å²) in [5.41, 5.74) is 6.01. The van der Waals surface area contributed by atoms with Crippen molar-refractivity contribution in [1.82, 2.24) is 4.90 Å². The Bertz CT molecular complexity index is 596. The number of piperidine rings is 1. The van der Waals surface area contributed by atoms with E-state index >= 15 is 0 Å². The van der Waals surface area contributed by atoms with Gasteiger partial charge in [0.1, 0.15) is 0 Å². The predicted molar refractivity (Wildman–Crippen MR) is 102 cm³/mol. The Morgan fingerprint density at radius 2 is 2.04 bits per heavy atom. The molecule has 5 nitrogen and oxygen atoms in total. The molecule has 2 saturated heterocycles. The molecular formula is C20H29ClN2O3. The van der Waals surface area contributed by atoms with Crippen LogP contribution in [-0.2, 0) is 19.7 Å². The van der Waals surface area contributed by atoms with Crippen molar-refractivity contribution in [3.05, 3.63) is 34.9 Å². The van der Waals surface area contributed by atoms with Crippen molar-refractivity contribution in [2.75, 3.05) is 39.5 Å². The monoisotopic (exact) mass is 380 g/mol. The zero-order chi connectivity index (χ0) is 18.4. The minimum atomic E-state index is -0.517. The number of likely N-dealkylation sites (tertiary alicyclic amines) is 1. The Balaban J connectivity index is 1.69. The number of halogens is 1. The van der Waals surface area contributed by atoms with E-state index in [0.29, 0.717) is 44.2 Å². The van der Waals surface area contributed by atoms with Crippen LogP contribution in [0, 0.1) is 0 Å². The molecule has 0 bridgehead atoms. The van der Waals surface area contributed by atoms with Gasteiger partial charge in [-0.15, -0.1) is 0 Å². The lowest BCUT2D eigenvalue weighted by atomic mass is 9.72. The second-order valence-electron chi connectivity index (χ2n) is 7.21. The zero-order valence-electron chi connectivity index (χ0n) is 15.3. The highest BCUT2D eigenvalue weighted by molar-refractivity contribution is 6.30. The zero-order valence-corrected chi connectivity index (χ0v) is 16.0. The third-order valence-corrected chi connectivity index (χ3v) is 5.80. The van der Waals surface area contributed by atoms with E-state index in [-0.39, 0.29) is 12.0 Å². The molecule has 0 radical (unpaired) electrons. The van der Waals surface area contributed by atoms with Gasteiger partial charge in [-0.05, 0) is 56.3 Å². The Hall–Kier alpha value is -1.14. The van der Waals surface area contributed by atoms with Crippen molar-refractivity contribution in [1.29, 1.82) is 0 Å². The fraction of sp³-hybridized carbons (Fsp3) is 0.650. The third kappa shape index (κ3) is 4.39. The van der Waals surface area contributed by atoms with Gasteiger partial charge in [0, 0.05) is 37.9 Å². The van der Waals surface area contributed by atoms with Crippen LogP contribution in [0.4, 0.5) is 0 Å². The quantitative estimate of drug-likeness (QED) is 0.771. The molecule has 2 heterocycles. The van der Waals surface area contributed by atoms with E-state index in [1.165, 1.54) is 0 Å². The van der Waals surface area contributed by atoms with Crippen LogP contribution in [0.5, 0.6) is 0 Å². The highest BCUT2D eigenvalue weighted by Crippen LogP contribution is 2.38. The van der Waals surface area contributed by atoms with Gasteiger partial charge in [0.05, 0.1) is 11.5 Å². The van der Waals surface area contributed by atoms with E-state index in [0.717, 1.165) is 37.9 Å². The van der Waals surface area contributed by atoms with E-state index in [2.05, 4.69) is 0 Å². The molecule has 2 N–H and O–H groups in total. The van der Waals surface area contributed by atoms with Gasteiger partial charge in [-0.2, -0.15) is 0 Å². The number of nitrogens with two attached hydrogens (primary N) is 1. The molecule has 3 rings (SSSR count). The van der Waals surface area contributed by atoms with Crippen molar-refractivity contribution in [2.24, 2.45) is 5.73 Å². The highest BCUT2D eigenvalue weighted by Gasteiger charge is 2.44. The molecule has 2 fully saturated rings. The van der Waals surface area contributed by atoms with Gasteiger partial charge in [0.2, 0.25) is 5.91 Å². The lowest BCUT2D eigenvalue weighted by Crippen LogP contribution is -2.52. The third-order valence-electron chi connectivity index (χ3n) is 5.56. The largest absolute Gasteiger partial charge is 0.381 e. The van der Waals surface area contributed by atoms with Gasteiger partial charge in [-0.3, -0.25) is 4.79 Å². The molecule has 0 saturated carbocycles. The standard InChI is InChI=1S/C20H29ClN2O3/c21-17-4-1-3-16(15-17)20(7-13-25-14-8-20)19(24)23-10-5-18(6-11-23)26-12-2-9-22/h1,3-4,15,18H,2,5-14,22H2. The first-order valence-electron chi connectivity index (χ1n) is 9.60. The summed E-state index contributed by atoms with van der Waals surface area (Å²) in [5, 5.41) is 0.674. The second-order valence-corrected chi connectivity index (χ2v) is 7.65. The molecular weight excluding hydrogens is 352 g/mol. The van der Waals surface area contributed by atoms with Gasteiger partial charge in [-0.1, -0.05) is 23.7 Å². The normalized spacial score (nSPS) is 20.9. The first-order valence-corrected chi connectivity index (χ1v) is 9.98. The van der Waals surface area contributed by atoms with Crippen LogP contribution < -0.4 is 5.73 Å². The number of hydrogen-bond donors (Lipinski definition) is 1. The minimum absolute atomic E-state index is 0.212. The molecule has 0 aliphatic carbocycles. The summed E-state index contributed by atoms with van der Waals surface area (Å²) in [7, 11) is 0. The van der Waals surface area contributed by atoms with Crippen LogP contribution in [0.2, 0.25) is 5.02 Å². The Morgan fingerprint density at radius 1 is 1.31 bits per heavy atom. The van der Waals surface area contributed by atoms with Gasteiger partial charge in [0.25, 0.3) is 0 Å². The van der Waals surface area contributed by atoms with Crippen molar-refractivity contribution < 1.29 is 14.3 Å². The van der Waals surface area contributed by atoms with Crippen molar-refractivity contribution in [3.8, 4) is 0 Å². The number of carbonyl (C=O) groups excluding carboxylic acids is 1. The Morgan fingerprint density at radius 3 is 2.69 bits per heavy atom. The van der Waals surface area contributed by atoms with Crippen LogP contribution in [0.25, 0.3) is 0 Å². The molecule has 0 atom stereocenters. The van der Waals surface area contributed by atoms with E-state index in [4.69, 9.17) is 26.8 Å². The van der Waals surface area contributed by atoms with Crippen LogP contribution in [0.3, 0.4) is 0 Å². The molecule has 6 heteroatoms. The first-order chi connectivity index (χ1) is 12.7. The molecule has 26 heavy (non-hydrogen) atoms. The summed E-state index contributed by atoms with van der Waals surface area (Å²) in [5.74, 6) is 0.212. The van der Waals surface area contributed by atoms with Crippen molar-refractivity contribution in [2.45, 2.75) is 43.6 Å². The summed E-state index contributed by atoms with van der Waals surface area (Å²) in [4.78, 5) is 15.5. The van der Waals surface area contributed by atoms with Crippen LogP contribution in [0.1, 0.15) is 37.7 Å². The fourth-order valence-electron chi connectivity index (χ4n) is 3.99. The Kier molecular flexibility index (Phi) is 6.92. The maximum atomic E-state index is 13.5. The van der Waals surface area contributed by atoms with E-state index in [1.54, 1.807) is 0 Å². The lowest BCUT2D eigenvalue weighted by molar-refractivity contribution is -0.144. The molecule has 1 aromatic carbocycles. The number of nitrogens with zero attached hydrogens (tertiary/aromatic N) is 1. The summed E-state index contributed by atoms with van der Waals surface area (Å²) in [6.07, 6.45) is 4.31. The molecule has 0 spiro atoms. The number of rotatable bonds is 6. The van der Waals surface area contributed by atoms with E-state index < -0.39 is 5.41 Å². The number of benzene rings is 1. The summed E-state index contributed by atoms with van der Waals surface area (Å²) in [6.45, 7) is 4.07. The maximum Gasteiger partial charge on any atom is 0.233 e. The molecule has 0 aromatic heterocycles. The molecule has 1 amide bonds. The van der Waals surface area contributed by atoms with Crippen molar-refractivity contribution in [3.63, 3.8) is 0 Å². The number of carbonyl (C=O) groups is 1. The van der Waals surface area contributed by atoms with E-state index in [1.807, 2.05) is 29.2 Å². The average Bonchev–Trinajstić information content (AvgIpc) is 2.69. The maximum absolute atomic E-state index is 13.5. The van der Waals surface area contributed by atoms with Gasteiger partial charge in [0.15, 0.2) is 0 Å². The van der Waals surface area contributed by atoms with Gasteiger partial charge >= 0.3 is 0 Å². The first kappa shape index (κ1) is 19.6. The van der Waals surface area contributed by atoms with Gasteiger partial charge in [-0.25, -0.2) is 0 Å². The van der Waals surface area contributed by atoms with Crippen molar-refractivity contribution >= 4 is 17.5 Å².